The standard InChI is InChI=1S/C32H33ClFN7OS/c1-2-39-10-12-40(13-11-39)14-15-41-18-25-27(38-41)8-7-24-29-31(35-20-36-32(29)43-30(24)25)37-23-6-9-28(26(33)17-23)42-19-21-4-3-5-22(34)16-21/h3-6,9,16-18,20H,2,7-8,10-15,19H2,1H3,(H,35,36,37). The Kier molecular flexibility index (Phi) is 8.01. The van der Waals surface area contributed by atoms with E-state index in [-0.39, 0.29) is 12.4 Å². The molecule has 1 saturated heterocycles. The zero-order chi connectivity index (χ0) is 29.3. The number of likely N-dealkylation sites (N-methyl/N-ethyl adjacent to an activating group) is 1. The van der Waals surface area contributed by atoms with E-state index in [1.54, 1.807) is 23.7 Å². The van der Waals surface area contributed by atoms with Crippen molar-refractivity contribution in [3.8, 4) is 16.2 Å². The SMILES string of the molecule is CCN1CCN(CCn2cc3c(n2)CCc2c-3sc3ncnc(Nc4ccc(OCc5cccc(F)c5)c(Cl)c4)c23)CC1. The smallest absolute Gasteiger partial charge is 0.142 e. The van der Waals surface area contributed by atoms with Crippen molar-refractivity contribution in [1.29, 1.82) is 0 Å². The summed E-state index contributed by atoms with van der Waals surface area (Å²) in [5, 5.41) is 9.95. The third kappa shape index (κ3) is 5.97. The number of hydrogen-bond acceptors (Lipinski definition) is 8. The maximum atomic E-state index is 13.5. The Hall–Kier alpha value is -3.57. The predicted molar refractivity (Wildman–Crippen MR) is 170 cm³/mol. The highest BCUT2D eigenvalue weighted by Crippen LogP contribution is 2.45. The summed E-state index contributed by atoms with van der Waals surface area (Å²) in [4.78, 5) is 16.5. The van der Waals surface area contributed by atoms with Crippen molar-refractivity contribution in [2.75, 3.05) is 44.6 Å². The molecule has 1 aliphatic heterocycles. The maximum absolute atomic E-state index is 13.5. The van der Waals surface area contributed by atoms with Crippen LogP contribution in [0.25, 0.3) is 20.7 Å². The molecular formula is C32H33ClFN7OS. The van der Waals surface area contributed by atoms with Crippen LogP contribution in [0.2, 0.25) is 5.02 Å². The summed E-state index contributed by atoms with van der Waals surface area (Å²) in [6.07, 6.45) is 5.61. The zero-order valence-electron chi connectivity index (χ0n) is 24.0. The molecule has 0 radical (unpaired) electrons. The minimum absolute atomic E-state index is 0.229. The molecule has 3 aromatic heterocycles. The number of fused-ring (bicyclic) bond motifs is 5. The molecule has 11 heteroatoms. The van der Waals surface area contributed by atoms with Crippen LogP contribution in [0.15, 0.2) is 55.0 Å². The highest BCUT2D eigenvalue weighted by Gasteiger charge is 2.27. The summed E-state index contributed by atoms with van der Waals surface area (Å²) in [6.45, 7) is 10.1. The summed E-state index contributed by atoms with van der Waals surface area (Å²) in [7, 11) is 0. The van der Waals surface area contributed by atoms with E-state index in [2.05, 4.69) is 42.9 Å². The van der Waals surface area contributed by atoms with E-state index in [0.29, 0.717) is 10.8 Å². The quantitative estimate of drug-likeness (QED) is 0.205. The van der Waals surface area contributed by atoms with Gasteiger partial charge in [-0.05, 0) is 60.8 Å². The Morgan fingerprint density at radius 2 is 1.88 bits per heavy atom. The van der Waals surface area contributed by atoms with Gasteiger partial charge in [-0.1, -0.05) is 30.7 Å². The number of ether oxygens (including phenoxy) is 1. The molecule has 5 aromatic rings. The van der Waals surface area contributed by atoms with Gasteiger partial charge < -0.3 is 15.0 Å². The number of thiophene rings is 1. The largest absolute Gasteiger partial charge is 0.487 e. The third-order valence-corrected chi connectivity index (χ3v) is 9.79. The van der Waals surface area contributed by atoms with Crippen LogP contribution < -0.4 is 10.1 Å². The lowest BCUT2D eigenvalue weighted by Crippen LogP contribution is -2.46. The van der Waals surface area contributed by atoms with Crippen LogP contribution in [0, 0.1) is 5.82 Å². The first-order valence-corrected chi connectivity index (χ1v) is 15.9. The molecule has 1 N–H and O–H groups in total. The van der Waals surface area contributed by atoms with Crippen LogP contribution in [0.1, 0.15) is 23.7 Å². The Bertz CT molecular complexity index is 1760. The summed E-state index contributed by atoms with van der Waals surface area (Å²) >= 11 is 8.28. The first-order chi connectivity index (χ1) is 21.0. The topological polar surface area (TPSA) is 71.3 Å². The summed E-state index contributed by atoms with van der Waals surface area (Å²) < 4.78 is 21.5. The molecule has 1 aliphatic carbocycles. The van der Waals surface area contributed by atoms with Gasteiger partial charge in [0.05, 0.1) is 22.6 Å². The molecule has 43 heavy (non-hydrogen) atoms. The van der Waals surface area contributed by atoms with E-state index in [0.717, 1.165) is 91.6 Å². The van der Waals surface area contributed by atoms with Gasteiger partial charge in [-0.3, -0.25) is 9.58 Å². The van der Waals surface area contributed by atoms with Crippen molar-refractivity contribution in [2.24, 2.45) is 0 Å². The van der Waals surface area contributed by atoms with E-state index < -0.39 is 0 Å². The highest BCUT2D eigenvalue weighted by atomic mass is 35.5. The molecule has 8 nitrogen and oxygen atoms in total. The fourth-order valence-corrected chi connectivity index (χ4v) is 7.39. The van der Waals surface area contributed by atoms with E-state index >= 15 is 0 Å². The summed E-state index contributed by atoms with van der Waals surface area (Å²) in [6, 6.07) is 11.9. The van der Waals surface area contributed by atoms with E-state index in [1.807, 2.05) is 24.3 Å². The fraction of sp³-hybridized carbons (Fsp3) is 0.344. The molecule has 7 rings (SSSR count). The molecule has 2 aliphatic rings. The van der Waals surface area contributed by atoms with Crippen molar-refractivity contribution >= 4 is 44.7 Å². The third-order valence-electron chi connectivity index (χ3n) is 8.32. The first-order valence-electron chi connectivity index (χ1n) is 14.8. The van der Waals surface area contributed by atoms with Crippen LogP contribution in [0.4, 0.5) is 15.9 Å². The lowest BCUT2D eigenvalue weighted by Gasteiger charge is -2.33. The number of rotatable bonds is 9. The van der Waals surface area contributed by atoms with Gasteiger partial charge in [0.25, 0.3) is 0 Å². The molecule has 4 heterocycles. The van der Waals surface area contributed by atoms with Gasteiger partial charge in [0.15, 0.2) is 0 Å². The number of benzene rings is 2. The van der Waals surface area contributed by atoms with E-state index in [1.165, 1.54) is 28.1 Å². The van der Waals surface area contributed by atoms with Crippen molar-refractivity contribution in [2.45, 2.75) is 32.9 Å². The van der Waals surface area contributed by atoms with Crippen molar-refractivity contribution < 1.29 is 9.13 Å². The summed E-state index contributed by atoms with van der Waals surface area (Å²) in [5.41, 5.74) is 5.19. The van der Waals surface area contributed by atoms with Crippen LogP contribution in [-0.4, -0.2) is 68.8 Å². The monoisotopic (exact) mass is 617 g/mol. The molecule has 0 bridgehead atoms. The first kappa shape index (κ1) is 28.2. The fourth-order valence-electron chi connectivity index (χ4n) is 5.93. The minimum atomic E-state index is -0.292. The highest BCUT2D eigenvalue weighted by molar-refractivity contribution is 7.22. The van der Waals surface area contributed by atoms with Crippen LogP contribution in [0.3, 0.4) is 0 Å². The number of aromatic nitrogens is 4. The second-order valence-corrected chi connectivity index (χ2v) is 12.4. The average Bonchev–Trinajstić information content (AvgIpc) is 3.62. The average molecular weight is 618 g/mol. The van der Waals surface area contributed by atoms with Crippen molar-refractivity contribution in [1.82, 2.24) is 29.5 Å². The van der Waals surface area contributed by atoms with Gasteiger partial charge in [-0.25, -0.2) is 14.4 Å². The number of piperazine rings is 1. The van der Waals surface area contributed by atoms with Gasteiger partial charge in [0.1, 0.15) is 35.1 Å². The molecular weight excluding hydrogens is 585 g/mol. The Balaban J connectivity index is 1.07. The number of nitrogens with zero attached hydrogens (tertiary/aromatic N) is 6. The zero-order valence-corrected chi connectivity index (χ0v) is 25.6. The number of nitrogens with one attached hydrogen (secondary N) is 1. The summed E-state index contributed by atoms with van der Waals surface area (Å²) in [5.74, 6) is 0.999. The molecule has 0 saturated carbocycles. The molecule has 1 fully saturated rings. The molecule has 2 aromatic carbocycles. The van der Waals surface area contributed by atoms with Gasteiger partial charge in [-0.2, -0.15) is 5.10 Å². The second kappa shape index (κ2) is 12.2. The van der Waals surface area contributed by atoms with Gasteiger partial charge in [-0.15, -0.1) is 11.3 Å². The van der Waals surface area contributed by atoms with Crippen LogP contribution in [-0.2, 0) is 26.0 Å². The normalized spacial score (nSPS) is 15.4. The molecule has 0 atom stereocenters. The van der Waals surface area contributed by atoms with Crippen molar-refractivity contribution in [3.05, 3.63) is 82.6 Å². The predicted octanol–water partition coefficient (Wildman–Crippen LogP) is 6.41. The van der Waals surface area contributed by atoms with Gasteiger partial charge in [0, 0.05) is 55.0 Å². The van der Waals surface area contributed by atoms with Crippen LogP contribution >= 0.6 is 22.9 Å². The Labute approximate surface area is 259 Å². The van der Waals surface area contributed by atoms with Crippen LogP contribution in [0.5, 0.6) is 5.75 Å². The number of halogens is 2. The molecule has 0 spiro atoms. The van der Waals surface area contributed by atoms with E-state index in [9.17, 15) is 4.39 Å². The van der Waals surface area contributed by atoms with Gasteiger partial charge in [0.2, 0.25) is 0 Å². The minimum Gasteiger partial charge on any atom is -0.487 e. The number of anilines is 2. The molecule has 222 valence electrons. The number of hydrogen-bond donors (Lipinski definition) is 1. The molecule has 0 unspecified atom stereocenters. The number of aryl methyl sites for hydroxylation is 2. The van der Waals surface area contributed by atoms with Gasteiger partial charge >= 0.3 is 0 Å². The lowest BCUT2D eigenvalue weighted by atomic mass is 9.95. The molecule has 0 amide bonds. The van der Waals surface area contributed by atoms with E-state index in [4.69, 9.17) is 21.4 Å². The second-order valence-electron chi connectivity index (χ2n) is 11.0. The Morgan fingerprint density at radius 1 is 1.02 bits per heavy atom. The lowest BCUT2D eigenvalue weighted by molar-refractivity contribution is 0.133. The Morgan fingerprint density at radius 3 is 2.70 bits per heavy atom. The maximum Gasteiger partial charge on any atom is 0.142 e. The van der Waals surface area contributed by atoms with Crippen molar-refractivity contribution in [3.63, 3.8) is 0 Å².